The molecule has 1 aliphatic carbocycles. The summed E-state index contributed by atoms with van der Waals surface area (Å²) in [7, 11) is 0. The second kappa shape index (κ2) is 7.87. The molecule has 2 heteroatoms. The lowest BCUT2D eigenvalue weighted by Crippen LogP contribution is -2.22. The van der Waals surface area contributed by atoms with Crippen LogP contribution in [-0.4, -0.2) is 13.1 Å². The van der Waals surface area contributed by atoms with Gasteiger partial charge in [-0.05, 0) is 43.0 Å². The highest BCUT2D eigenvalue weighted by Gasteiger charge is 2.17. The smallest absolute Gasteiger partial charge is 0.0991 e. The van der Waals surface area contributed by atoms with Crippen LogP contribution in [0.1, 0.15) is 50.2 Å². The zero-order valence-electron chi connectivity index (χ0n) is 12.4. The maximum absolute atomic E-state index is 8.85. The third-order valence-corrected chi connectivity index (χ3v) is 4.10. The predicted octanol–water partition coefficient (Wildman–Crippen LogP) is 4.13. The molecule has 20 heavy (non-hydrogen) atoms. The number of nitriles is 1. The van der Waals surface area contributed by atoms with Gasteiger partial charge in [0.15, 0.2) is 0 Å². The van der Waals surface area contributed by atoms with Gasteiger partial charge in [0.2, 0.25) is 0 Å². The van der Waals surface area contributed by atoms with Crippen molar-refractivity contribution >= 4 is 6.08 Å². The molecule has 0 atom stereocenters. The van der Waals surface area contributed by atoms with Gasteiger partial charge in [-0.25, -0.2) is 0 Å². The lowest BCUT2D eigenvalue weighted by Gasteiger charge is -2.25. The average molecular weight is 268 g/mol. The van der Waals surface area contributed by atoms with Crippen LogP contribution < -0.4 is 5.32 Å². The molecule has 2 nitrogen and oxygen atoms in total. The Morgan fingerprint density at radius 2 is 1.95 bits per heavy atom. The quantitative estimate of drug-likeness (QED) is 0.871. The Kier molecular flexibility index (Phi) is 5.83. The summed E-state index contributed by atoms with van der Waals surface area (Å²) in [5, 5.41) is 12.3. The highest BCUT2D eigenvalue weighted by atomic mass is 14.8. The number of nitrogens with zero attached hydrogens (tertiary/aromatic N) is 1. The summed E-state index contributed by atoms with van der Waals surface area (Å²) in [4.78, 5) is 0. The van der Waals surface area contributed by atoms with Gasteiger partial charge >= 0.3 is 0 Å². The van der Waals surface area contributed by atoms with Gasteiger partial charge < -0.3 is 5.32 Å². The van der Waals surface area contributed by atoms with Gasteiger partial charge in [0, 0.05) is 6.54 Å². The second-order valence-electron chi connectivity index (χ2n) is 5.57. The number of likely N-dealkylation sites (N-methyl/N-ethyl adjacent to an activating group) is 1. The van der Waals surface area contributed by atoms with Crippen LogP contribution in [0.4, 0.5) is 0 Å². The van der Waals surface area contributed by atoms with Crippen LogP contribution in [0.15, 0.2) is 29.8 Å². The van der Waals surface area contributed by atoms with Gasteiger partial charge in [-0.2, -0.15) is 5.26 Å². The standard InChI is InChI=1S/C18H24N2/c1-2-20-14-18(17-6-4-3-5-7-17)12-15-8-10-16(13-19)11-9-15/h8-12,17,20H,2-7,14H2,1H3/b18-12-. The first kappa shape index (κ1) is 14.8. The van der Waals surface area contributed by atoms with Crippen LogP contribution in [0.2, 0.25) is 0 Å². The maximum Gasteiger partial charge on any atom is 0.0991 e. The minimum Gasteiger partial charge on any atom is -0.313 e. The molecule has 0 radical (unpaired) electrons. The fourth-order valence-corrected chi connectivity index (χ4v) is 2.92. The molecule has 1 saturated carbocycles. The largest absolute Gasteiger partial charge is 0.313 e. The molecule has 1 aliphatic rings. The van der Waals surface area contributed by atoms with Gasteiger partial charge in [-0.3, -0.25) is 0 Å². The lowest BCUT2D eigenvalue weighted by molar-refractivity contribution is 0.397. The Labute approximate surface area is 122 Å². The molecular weight excluding hydrogens is 244 g/mol. The molecule has 1 aromatic carbocycles. The molecule has 0 aromatic heterocycles. The zero-order valence-corrected chi connectivity index (χ0v) is 12.4. The van der Waals surface area contributed by atoms with Crippen molar-refractivity contribution in [1.29, 1.82) is 5.26 Å². The van der Waals surface area contributed by atoms with E-state index in [0.29, 0.717) is 0 Å². The fourth-order valence-electron chi connectivity index (χ4n) is 2.92. The van der Waals surface area contributed by atoms with Crippen molar-refractivity contribution in [2.24, 2.45) is 5.92 Å². The Bertz CT molecular complexity index is 473. The summed E-state index contributed by atoms with van der Waals surface area (Å²) in [6.07, 6.45) is 9.09. The molecule has 0 saturated heterocycles. The summed E-state index contributed by atoms with van der Waals surface area (Å²) >= 11 is 0. The fraction of sp³-hybridized carbons (Fsp3) is 0.500. The molecule has 0 bridgehead atoms. The van der Waals surface area contributed by atoms with Crippen molar-refractivity contribution < 1.29 is 0 Å². The van der Waals surface area contributed by atoms with Gasteiger partial charge in [-0.1, -0.05) is 50.0 Å². The van der Waals surface area contributed by atoms with E-state index in [1.165, 1.54) is 43.2 Å². The van der Waals surface area contributed by atoms with Crippen LogP contribution in [0.5, 0.6) is 0 Å². The monoisotopic (exact) mass is 268 g/mol. The molecule has 2 rings (SSSR count). The molecule has 1 aromatic rings. The average Bonchev–Trinajstić information content (AvgIpc) is 2.53. The molecule has 0 unspecified atom stereocenters. The number of hydrogen-bond donors (Lipinski definition) is 1. The summed E-state index contributed by atoms with van der Waals surface area (Å²) in [6, 6.07) is 10.1. The summed E-state index contributed by atoms with van der Waals surface area (Å²) in [5.41, 5.74) is 3.46. The van der Waals surface area contributed by atoms with Gasteiger partial charge in [0.1, 0.15) is 0 Å². The van der Waals surface area contributed by atoms with Crippen LogP contribution in [-0.2, 0) is 0 Å². The van der Waals surface area contributed by atoms with Crippen LogP contribution in [0, 0.1) is 17.2 Å². The SMILES string of the molecule is CCNC/C(=C/c1ccc(C#N)cc1)C1CCCCC1. The molecule has 0 aliphatic heterocycles. The third kappa shape index (κ3) is 4.21. The first-order valence-corrected chi connectivity index (χ1v) is 7.75. The van der Waals surface area contributed by atoms with Crippen molar-refractivity contribution in [1.82, 2.24) is 5.32 Å². The van der Waals surface area contributed by atoms with Crippen LogP contribution >= 0.6 is 0 Å². The molecule has 1 N–H and O–H groups in total. The Balaban J connectivity index is 2.14. The number of hydrogen-bond acceptors (Lipinski definition) is 2. The first-order valence-electron chi connectivity index (χ1n) is 7.75. The second-order valence-corrected chi connectivity index (χ2v) is 5.57. The summed E-state index contributed by atoms with van der Waals surface area (Å²) in [6.45, 7) is 4.15. The van der Waals surface area contributed by atoms with E-state index in [4.69, 9.17) is 5.26 Å². The van der Waals surface area contributed by atoms with Crippen LogP contribution in [0.3, 0.4) is 0 Å². The van der Waals surface area contributed by atoms with E-state index in [-0.39, 0.29) is 0 Å². The summed E-state index contributed by atoms with van der Waals surface area (Å²) in [5.74, 6) is 0.735. The maximum atomic E-state index is 8.85. The zero-order chi connectivity index (χ0) is 14.2. The van der Waals surface area contributed by atoms with E-state index >= 15 is 0 Å². The van der Waals surface area contributed by atoms with Crippen molar-refractivity contribution in [3.63, 3.8) is 0 Å². The van der Waals surface area contributed by atoms with Crippen molar-refractivity contribution in [2.45, 2.75) is 39.0 Å². The number of rotatable bonds is 5. The van der Waals surface area contributed by atoms with E-state index in [0.717, 1.165) is 24.6 Å². The van der Waals surface area contributed by atoms with Gasteiger partial charge in [0.25, 0.3) is 0 Å². The van der Waals surface area contributed by atoms with Gasteiger partial charge in [-0.15, -0.1) is 0 Å². The van der Waals surface area contributed by atoms with Crippen molar-refractivity contribution in [3.05, 3.63) is 41.0 Å². The normalized spacial score (nSPS) is 16.9. The number of nitrogens with one attached hydrogen (secondary N) is 1. The van der Waals surface area contributed by atoms with E-state index in [1.807, 2.05) is 24.3 Å². The molecule has 1 fully saturated rings. The van der Waals surface area contributed by atoms with Crippen molar-refractivity contribution in [3.8, 4) is 6.07 Å². The number of benzene rings is 1. The molecule has 106 valence electrons. The Hall–Kier alpha value is -1.59. The molecule has 0 spiro atoms. The van der Waals surface area contributed by atoms with E-state index in [2.05, 4.69) is 24.4 Å². The van der Waals surface area contributed by atoms with E-state index < -0.39 is 0 Å². The Morgan fingerprint density at radius 3 is 2.55 bits per heavy atom. The highest BCUT2D eigenvalue weighted by Crippen LogP contribution is 2.30. The Morgan fingerprint density at radius 1 is 1.25 bits per heavy atom. The minimum atomic E-state index is 0.730. The molecule has 0 amide bonds. The predicted molar refractivity (Wildman–Crippen MR) is 84.3 cm³/mol. The third-order valence-electron chi connectivity index (χ3n) is 4.10. The summed E-state index contributed by atoms with van der Waals surface area (Å²) < 4.78 is 0. The van der Waals surface area contributed by atoms with Crippen LogP contribution in [0.25, 0.3) is 6.08 Å². The molecule has 0 heterocycles. The minimum absolute atomic E-state index is 0.730. The van der Waals surface area contributed by atoms with E-state index in [1.54, 1.807) is 0 Å². The van der Waals surface area contributed by atoms with Crippen molar-refractivity contribution in [2.75, 3.05) is 13.1 Å². The highest BCUT2D eigenvalue weighted by molar-refractivity contribution is 5.55. The molecular formula is C18H24N2. The lowest BCUT2D eigenvalue weighted by atomic mass is 9.83. The topological polar surface area (TPSA) is 35.8 Å². The first-order chi connectivity index (χ1) is 9.83. The van der Waals surface area contributed by atoms with Gasteiger partial charge in [0.05, 0.1) is 11.6 Å². The van der Waals surface area contributed by atoms with E-state index in [9.17, 15) is 0 Å².